The summed E-state index contributed by atoms with van der Waals surface area (Å²) in [6.07, 6.45) is 1.97. The molecule has 0 atom stereocenters. The zero-order valence-electron chi connectivity index (χ0n) is 12.8. The third-order valence-electron chi connectivity index (χ3n) is 3.59. The Morgan fingerprint density at radius 3 is 2.67 bits per heavy atom. The van der Waals surface area contributed by atoms with Crippen molar-refractivity contribution in [3.8, 4) is 0 Å². The number of carbonyl (C=O) groups is 1. The van der Waals surface area contributed by atoms with Crippen LogP contribution < -0.4 is 5.56 Å². The molecular weight excluding hydrogens is 311 g/mol. The van der Waals surface area contributed by atoms with E-state index in [0.29, 0.717) is 29.4 Å². The molecule has 0 N–H and O–H groups in total. The van der Waals surface area contributed by atoms with E-state index in [1.807, 2.05) is 6.07 Å². The molecule has 0 radical (unpaired) electrons. The fourth-order valence-electron chi connectivity index (χ4n) is 2.33. The quantitative estimate of drug-likeness (QED) is 0.534. The topological polar surface area (TPSA) is 61.2 Å². The maximum Gasteiger partial charge on any atom is 0.338 e. The lowest BCUT2D eigenvalue weighted by Gasteiger charge is -2.07. The molecule has 3 rings (SSSR count). The molecule has 6 heteroatoms. The van der Waals surface area contributed by atoms with Crippen molar-refractivity contribution < 1.29 is 13.9 Å². The summed E-state index contributed by atoms with van der Waals surface area (Å²) in [4.78, 5) is 28.3. The third-order valence-corrected chi connectivity index (χ3v) is 3.59. The van der Waals surface area contributed by atoms with Gasteiger partial charge in [-0.3, -0.25) is 9.36 Å². The van der Waals surface area contributed by atoms with Crippen LogP contribution in [0.3, 0.4) is 0 Å². The molecule has 24 heavy (non-hydrogen) atoms. The molecule has 0 spiro atoms. The Hall–Kier alpha value is -3.02. The van der Waals surface area contributed by atoms with Crippen molar-refractivity contribution >= 4 is 16.9 Å². The summed E-state index contributed by atoms with van der Waals surface area (Å²) in [5.74, 6) is -0.922. The summed E-state index contributed by atoms with van der Waals surface area (Å²) < 4.78 is 19.4. The highest BCUT2D eigenvalue weighted by atomic mass is 19.1. The predicted octanol–water partition coefficient (Wildman–Crippen LogP) is 2.78. The van der Waals surface area contributed by atoms with Crippen molar-refractivity contribution in [2.24, 2.45) is 0 Å². The van der Waals surface area contributed by atoms with Crippen LogP contribution in [0.4, 0.5) is 4.39 Å². The molecule has 0 bridgehead atoms. The molecule has 2 aromatic carbocycles. The highest BCUT2D eigenvalue weighted by Crippen LogP contribution is 2.06. The van der Waals surface area contributed by atoms with E-state index in [9.17, 15) is 14.0 Å². The fourth-order valence-corrected chi connectivity index (χ4v) is 2.33. The molecule has 0 amide bonds. The zero-order chi connectivity index (χ0) is 16.9. The van der Waals surface area contributed by atoms with E-state index in [2.05, 4.69) is 4.98 Å². The van der Waals surface area contributed by atoms with Gasteiger partial charge in [0.25, 0.3) is 5.56 Å². The van der Waals surface area contributed by atoms with E-state index < -0.39 is 11.8 Å². The Labute approximate surface area is 137 Å². The summed E-state index contributed by atoms with van der Waals surface area (Å²) in [7, 11) is 0. The number of carbonyl (C=O) groups excluding carboxylic acids is 1. The SMILES string of the molecule is O=C(OCCCn1cnc2ccccc2c1=O)c1ccc(F)cc1. The number of fused-ring (bicyclic) bond motifs is 1. The zero-order valence-corrected chi connectivity index (χ0v) is 12.8. The first-order valence-corrected chi connectivity index (χ1v) is 7.52. The van der Waals surface area contributed by atoms with Gasteiger partial charge in [-0.15, -0.1) is 0 Å². The Bertz CT molecular complexity index is 919. The molecule has 0 aliphatic carbocycles. The van der Waals surface area contributed by atoms with Crippen LogP contribution in [-0.2, 0) is 11.3 Å². The van der Waals surface area contributed by atoms with Gasteiger partial charge in [0, 0.05) is 6.54 Å². The summed E-state index contributed by atoms with van der Waals surface area (Å²) >= 11 is 0. The first-order chi connectivity index (χ1) is 11.6. The molecule has 0 fully saturated rings. The molecule has 0 aliphatic rings. The number of esters is 1. The van der Waals surface area contributed by atoms with Gasteiger partial charge < -0.3 is 4.74 Å². The molecule has 122 valence electrons. The standard InChI is InChI=1S/C18H15FN2O3/c19-14-8-6-13(7-9-14)18(23)24-11-3-10-21-12-20-16-5-2-1-4-15(16)17(21)22/h1-2,4-9,12H,3,10-11H2. The molecule has 1 heterocycles. The van der Waals surface area contributed by atoms with Gasteiger partial charge in [0.2, 0.25) is 0 Å². The molecule has 0 unspecified atom stereocenters. The fraction of sp³-hybridized carbons (Fsp3) is 0.167. The van der Waals surface area contributed by atoms with Gasteiger partial charge in [0.15, 0.2) is 0 Å². The smallest absolute Gasteiger partial charge is 0.338 e. The number of halogens is 1. The van der Waals surface area contributed by atoms with Gasteiger partial charge in [-0.05, 0) is 42.8 Å². The van der Waals surface area contributed by atoms with E-state index in [1.165, 1.54) is 35.2 Å². The van der Waals surface area contributed by atoms with E-state index >= 15 is 0 Å². The normalized spacial score (nSPS) is 10.7. The molecule has 1 aromatic heterocycles. The Morgan fingerprint density at radius 2 is 1.88 bits per heavy atom. The van der Waals surface area contributed by atoms with Gasteiger partial charge in [0.05, 0.1) is 29.4 Å². The minimum Gasteiger partial charge on any atom is -0.462 e. The van der Waals surface area contributed by atoms with Crippen LogP contribution >= 0.6 is 0 Å². The van der Waals surface area contributed by atoms with Gasteiger partial charge >= 0.3 is 5.97 Å². The molecule has 3 aromatic rings. The summed E-state index contributed by atoms with van der Waals surface area (Å²) in [6, 6.07) is 12.3. The van der Waals surface area contributed by atoms with Crippen molar-refractivity contribution in [3.05, 3.63) is 76.6 Å². The molecule has 0 saturated heterocycles. The number of benzene rings is 2. The number of aromatic nitrogens is 2. The Balaban J connectivity index is 1.57. The predicted molar refractivity (Wildman–Crippen MR) is 87.3 cm³/mol. The van der Waals surface area contributed by atoms with Crippen LogP contribution in [0.1, 0.15) is 16.8 Å². The molecular formula is C18H15FN2O3. The van der Waals surface area contributed by atoms with Crippen LogP contribution in [0.15, 0.2) is 59.7 Å². The third kappa shape index (κ3) is 3.48. The lowest BCUT2D eigenvalue weighted by atomic mass is 10.2. The summed E-state index contributed by atoms with van der Waals surface area (Å²) in [5.41, 5.74) is 0.827. The monoisotopic (exact) mass is 326 g/mol. The highest BCUT2D eigenvalue weighted by Gasteiger charge is 2.07. The van der Waals surface area contributed by atoms with E-state index in [1.54, 1.807) is 18.2 Å². The van der Waals surface area contributed by atoms with Crippen LogP contribution in [0, 0.1) is 5.82 Å². The second kappa shape index (κ2) is 7.04. The number of rotatable bonds is 5. The summed E-state index contributed by atoms with van der Waals surface area (Å²) in [6.45, 7) is 0.558. The van der Waals surface area contributed by atoms with Crippen LogP contribution in [-0.4, -0.2) is 22.1 Å². The number of para-hydroxylation sites is 1. The van der Waals surface area contributed by atoms with Crippen LogP contribution in [0.5, 0.6) is 0 Å². The second-order valence-corrected chi connectivity index (χ2v) is 5.26. The average Bonchev–Trinajstić information content (AvgIpc) is 2.61. The lowest BCUT2D eigenvalue weighted by molar-refractivity contribution is 0.0495. The second-order valence-electron chi connectivity index (χ2n) is 5.26. The van der Waals surface area contributed by atoms with Crippen molar-refractivity contribution in [2.45, 2.75) is 13.0 Å². The number of ether oxygens (including phenoxy) is 1. The van der Waals surface area contributed by atoms with Crippen LogP contribution in [0.2, 0.25) is 0 Å². The Morgan fingerprint density at radius 1 is 1.12 bits per heavy atom. The largest absolute Gasteiger partial charge is 0.462 e. The lowest BCUT2D eigenvalue weighted by Crippen LogP contribution is -2.21. The minimum absolute atomic E-state index is 0.120. The number of aryl methyl sites for hydroxylation is 1. The number of nitrogens with zero attached hydrogens (tertiary/aromatic N) is 2. The number of hydrogen-bond donors (Lipinski definition) is 0. The Kier molecular flexibility index (Phi) is 4.65. The molecule has 0 aliphatic heterocycles. The van der Waals surface area contributed by atoms with E-state index in [4.69, 9.17) is 4.74 Å². The van der Waals surface area contributed by atoms with Gasteiger partial charge in [-0.25, -0.2) is 14.2 Å². The van der Waals surface area contributed by atoms with E-state index in [0.717, 1.165) is 0 Å². The maximum absolute atomic E-state index is 12.8. The maximum atomic E-state index is 12.8. The van der Waals surface area contributed by atoms with Crippen LogP contribution in [0.25, 0.3) is 10.9 Å². The first kappa shape index (κ1) is 15.9. The number of hydrogen-bond acceptors (Lipinski definition) is 4. The highest BCUT2D eigenvalue weighted by molar-refractivity contribution is 5.89. The van der Waals surface area contributed by atoms with Crippen molar-refractivity contribution in [3.63, 3.8) is 0 Å². The van der Waals surface area contributed by atoms with Crippen molar-refractivity contribution in [2.75, 3.05) is 6.61 Å². The first-order valence-electron chi connectivity index (χ1n) is 7.52. The van der Waals surface area contributed by atoms with Gasteiger partial charge in [-0.1, -0.05) is 12.1 Å². The van der Waals surface area contributed by atoms with Crippen molar-refractivity contribution in [1.29, 1.82) is 0 Å². The van der Waals surface area contributed by atoms with Crippen molar-refractivity contribution in [1.82, 2.24) is 9.55 Å². The minimum atomic E-state index is -0.515. The van der Waals surface area contributed by atoms with Gasteiger partial charge in [0.1, 0.15) is 5.82 Å². The average molecular weight is 326 g/mol. The van der Waals surface area contributed by atoms with Gasteiger partial charge in [-0.2, -0.15) is 0 Å². The molecule has 5 nitrogen and oxygen atoms in total. The molecule has 0 saturated carbocycles. The summed E-state index contributed by atoms with van der Waals surface area (Å²) in [5, 5.41) is 0.559. The van der Waals surface area contributed by atoms with E-state index in [-0.39, 0.29) is 12.2 Å².